The lowest BCUT2D eigenvalue weighted by molar-refractivity contribution is 0.0953. The molecule has 1 aromatic heterocycles. The van der Waals surface area contributed by atoms with Gasteiger partial charge in [0.2, 0.25) is 0 Å². The molecule has 0 saturated carbocycles. The van der Waals surface area contributed by atoms with Gasteiger partial charge in [-0.25, -0.2) is 10.8 Å². The number of carbonyl (C=O) groups excluding carboxylic acids is 1. The highest BCUT2D eigenvalue weighted by molar-refractivity contribution is 5.93. The first-order chi connectivity index (χ1) is 6.15. The summed E-state index contributed by atoms with van der Waals surface area (Å²) in [5.41, 5.74) is 2.49. The molecule has 70 valence electrons. The van der Waals surface area contributed by atoms with Gasteiger partial charge in [-0.2, -0.15) is 0 Å². The second-order valence-corrected chi connectivity index (χ2v) is 2.77. The molecule has 0 bridgehead atoms. The fourth-order valence-electron chi connectivity index (χ4n) is 0.868. The van der Waals surface area contributed by atoms with Gasteiger partial charge in [0.25, 0.3) is 5.91 Å². The summed E-state index contributed by atoms with van der Waals surface area (Å²) in [5.74, 6) is 5.43. The number of amides is 1. The second-order valence-electron chi connectivity index (χ2n) is 2.77. The van der Waals surface area contributed by atoms with Gasteiger partial charge in [0, 0.05) is 20.3 Å². The molecule has 0 aromatic carbocycles. The van der Waals surface area contributed by atoms with E-state index in [1.54, 1.807) is 12.1 Å². The van der Waals surface area contributed by atoms with E-state index < -0.39 is 0 Å². The molecule has 0 aliphatic rings. The summed E-state index contributed by atoms with van der Waals surface area (Å²) in [5, 5.41) is 0. The largest absolute Gasteiger partial charge is 0.363 e. The Balaban J connectivity index is 2.87. The Morgan fingerprint density at radius 3 is 2.62 bits per heavy atom. The van der Waals surface area contributed by atoms with Crippen molar-refractivity contribution in [3.63, 3.8) is 0 Å². The number of nitrogens with zero attached hydrogens (tertiary/aromatic N) is 2. The van der Waals surface area contributed by atoms with E-state index in [-0.39, 0.29) is 5.91 Å². The number of nitrogen functional groups attached to an aromatic ring is 1. The predicted molar refractivity (Wildman–Crippen MR) is 50.2 cm³/mol. The molecule has 1 heterocycles. The molecule has 0 radical (unpaired) electrons. The first-order valence-corrected chi connectivity index (χ1v) is 3.79. The average Bonchev–Trinajstić information content (AvgIpc) is 2.17. The van der Waals surface area contributed by atoms with Gasteiger partial charge < -0.3 is 4.90 Å². The maximum absolute atomic E-state index is 11.0. The highest BCUT2D eigenvalue weighted by Crippen LogP contribution is 2.06. The lowest BCUT2D eigenvalue weighted by atomic mass is 10.2. The maximum atomic E-state index is 11.0. The predicted octanol–water partition coefficient (Wildman–Crippen LogP) is -0.249. The smallest absolute Gasteiger partial charge is 0.266 e. The van der Waals surface area contributed by atoms with Gasteiger partial charge in [0.15, 0.2) is 0 Å². The molecular weight excluding hydrogens is 168 g/mol. The summed E-state index contributed by atoms with van der Waals surface area (Å²) >= 11 is 0. The quantitative estimate of drug-likeness (QED) is 0.374. The normalized spacial score (nSPS) is 9.46. The summed E-state index contributed by atoms with van der Waals surface area (Å²) in [6.45, 7) is 0. The van der Waals surface area contributed by atoms with Crippen molar-refractivity contribution in [2.75, 3.05) is 19.0 Å². The van der Waals surface area contributed by atoms with Gasteiger partial charge >= 0.3 is 0 Å². The van der Waals surface area contributed by atoms with Crippen molar-refractivity contribution in [2.24, 2.45) is 5.84 Å². The third-order valence-corrected chi connectivity index (χ3v) is 1.60. The van der Waals surface area contributed by atoms with Crippen molar-refractivity contribution in [3.05, 3.63) is 23.9 Å². The van der Waals surface area contributed by atoms with Crippen molar-refractivity contribution in [2.45, 2.75) is 0 Å². The van der Waals surface area contributed by atoms with E-state index >= 15 is 0 Å². The van der Waals surface area contributed by atoms with E-state index in [2.05, 4.69) is 4.98 Å². The van der Waals surface area contributed by atoms with Crippen LogP contribution in [0.15, 0.2) is 18.3 Å². The Morgan fingerprint density at radius 2 is 2.23 bits per heavy atom. The SMILES string of the molecule is CN(C)c1ccc(C(=O)NN)cn1. The zero-order valence-corrected chi connectivity index (χ0v) is 7.61. The zero-order chi connectivity index (χ0) is 9.84. The van der Waals surface area contributed by atoms with E-state index in [0.29, 0.717) is 5.56 Å². The number of rotatable bonds is 2. The van der Waals surface area contributed by atoms with Crippen LogP contribution in [0.3, 0.4) is 0 Å². The van der Waals surface area contributed by atoms with Crippen LogP contribution in [0, 0.1) is 0 Å². The number of nitrogens with two attached hydrogens (primary N) is 1. The Morgan fingerprint density at radius 1 is 1.54 bits per heavy atom. The number of aromatic nitrogens is 1. The third kappa shape index (κ3) is 2.16. The van der Waals surface area contributed by atoms with Crippen molar-refractivity contribution < 1.29 is 4.79 Å². The standard InChI is InChI=1S/C8H12N4O/c1-12(2)7-4-3-6(5-10-7)8(13)11-9/h3-5H,9H2,1-2H3,(H,11,13). The minimum atomic E-state index is -0.335. The summed E-state index contributed by atoms with van der Waals surface area (Å²) in [6, 6.07) is 3.43. The van der Waals surface area contributed by atoms with Crippen LogP contribution in [0.25, 0.3) is 0 Å². The number of anilines is 1. The molecular formula is C8H12N4O. The van der Waals surface area contributed by atoms with Gasteiger partial charge in [-0.15, -0.1) is 0 Å². The third-order valence-electron chi connectivity index (χ3n) is 1.60. The number of carbonyl (C=O) groups is 1. The van der Waals surface area contributed by atoms with E-state index in [9.17, 15) is 4.79 Å². The zero-order valence-electron chi connectivity index (χ0n) is 7.61. The van der Waals surface area contributed by atoms with Crippen molar-refractivity contribution in [3.8, 4) is 0 Å². The van der Waals surface area contributed by atoms with Crippen LogP contribution in [0.4, 0.5) is 5.82 Å². The molecule has 0 unspecified atom stereocenters. The lowest BCUT2D eigenvalue weighted by Gasteiger charge is -2.10. The van der Waals surface area contributed by atoms with Crippen LogP contribution >= 0.6 is 0 Å². The highest BCUT2D eigenvalue weighted by atomic mass is 16.2. The van der Waals surface area contributed by atoms with E-state index in [1.165, 1.54) is 6.20 Å². The fraction of sp³-hybridized carbons (Fsp3) is 0.250. The van der Waals surface area contributed by atoms with E-state index in [0.717, 1.165) is 5.82 Å². The number of hydrogen-bond acceptors (Lipinski definition) is 4. The van der Waals surface area contributed by atoms with E-state index in [4.69, 9.17) is 5.84 Å². The molecule has 0 atom stereocenters. The van der Waals surface area contributed by atoms with Crippen LogP contribution in [0.1, 0.15) is 10.4 Å². The molecule has 5 heteroatoms. The summed E-state index contributed by atoms with van der Waals surface area (Å²) in [4.78, 5) is 16.9. The minimum Gasteiger partial charge on any atom is -0.363 e. The number of hydrazine groups is 1. The van der Waals surface area contributed by atoms with Crippen LogP contribution in [-0.4, -0.2) is 25.0 Å². The molecule has 5 nitrogen and oxygen atoms in total. The summed E-state index contributed by atoms with van der Waals surface area (Å²) in [6.07, 6.45) is 1.48. The first-order valence-electron chi connectivity index (χ1n) is 3.79. The summed E-state index contributed by atoms with van der Waals surface area (Å²) in [7, 11) is 3.76. The Hall–Kier alpha value is -1.62. The first kappa shape index (κ1) is 9.47. The van der Waals surface area contributed by atoms with Gasteiger partial charge in [-0.3, -0.25) is 10.2 Å². The molecule has 1 amide bonds. The van der Waals surface area contributed by atoms with Crippen molar-refractivity contribution in [1.82, 2.24) is 10.4 Å². The molecule has 1 rings (SSSR count). The van der Waals surface area contributed by atoms with Gasteiger partial charge in [-0.05, 0) is 12.1 Å². The topological polar surface area (TPSA) is 71.2 Å². The minimum absolute atomic E-state index is 0.335. The lowest BCUT2D eigenvalue weighted by Crippen LogP contribution is -2.30. The van der Waals surface area contributed by atoms with Gasteiger partial charge in [-0.1, -0.05) is 0 Å². The molecule has 0 aliphatic heterocycles. The molecule has 0 saturated heterocycles. The molecule has 0 aliphatic carbocycles. The second kappa shape index (κ2) is 3.86. The molecule has 0 spiro atoms. The van der Waals surface area contributed by atoms with Gasteiger partial charge in [0.1, 0.15) is 5.82 Å². The molecule has 1 aromatic rings. The van der Waals surface area contributed by atoms with Crippen LogP contribution < -0.4 is 16.2 Å². The average molecular weight is 180 g/mol. The van der Waals surface area contributed by atoms with Crippen LogP contribution in [0.2, 0.25) is 0 Å². The van der Waals surface area contributed by atoms with Gasteiger partial charge in [0.05, 0.1) is 5.56 Å². The van der Waals surface area contributed by atoms with Crippen molar-refractivity contribution in [1.29, 1.82) is 0 Å². The summed E-state index contributed by atoms with van der Waals surface area (Å²) < 4.78 is 0. The van der Waals surface area contributed by atoms with Crippen LogP contribution in [0.5, 0.6) is 0 Å². The number of nitrogens with one attached hydrogen (secondary N) is 1. The molecule has 0 fully saturated rings. The van der Waals surface area contributed by atoms with Crippen LogP contribution in [-0.2, 0) is 0 Å². The number of hydrogen-bond donors (Lipinski definition) is 2. The highest BCUT2D eigenvalue weighted by Gasteiger charge is 2.03. The number of pyridine rings is 1. The monoisotopic (exact) mass is 180 g/mol. The Labute approximate surface area is 76.5 Å². The molecule has 3 N–H and O–H groups in total. The Bertz CT molecular complexity index is 294. The fourth-order valence-corrected chi connectivity index (χ4v) is 0.868. The van der Waals surface area contributed by atoms with Crippen molar-refractivity contribution >= 4 is 11.7 Å². The van der Waals surface area contributed by atoms with E-state index in [1.807, 2.05) is 24.4 Å². The maximum Gasteiger partial charge on any atom is 0.266 e. The Kier molecular flexibility index (Phi) is 2.81. The molecule has 13 heavy (non-hydrogen) atoms.